The van der Waals surface area contributed by atoms with Crippen LogP contribution < -0.4 is 0 Å². The minimum Gasteiger partial charge on any atom is -0.478 e. The predicted octanol–water partition coefficient (Wildman–Crippen LogP) is 3.54. The lowest BCUT2D eigenvalue weighted by atomic mass is 10.1. The Morgan fingerprint density at radius 1 is 1.39 bits per heavy atom. The number of aryl methyl sites for hydroxylation is 1. The van der Waals surface area contributed by atoms with Gasteiger partial charge < -0.3 is 9.67 Å². The number of rotatable bonds is 4. The van der Waals surface area contributed by atoms with Crippen molar-refractivity contribution in [1.29, 1.82) is 0 Å². The van der Waals surface area contributed by atoms with Gasteiger partial charge in [-0.3, -0.25) is 0 Å². The van der Waals surface area contributed by atoms with E-state index >= 15 is 0 Å². The van der Waals surface area contributed by atoms with E-state index in [-0.39, 0.29) is 0 Å². The molecule has 0 atom stereocenters. The molecule has 3 heteroatoms. The van der Waals surface area contributed by atoms with Gasteiger partial charge in [-0.15, -0.1) is 0 Å². The first kappa shape index (κ1) is 12.4. The van der Waals surface area contributed by atoms with Crippen LogP contribution in [0.4, 0.5) is 0 Å². The molecule has 0 aliphatic heterocycles. The fourth-order valence-electron chi connectivity index (χ4n) is 2.15. The molecule has 0 saturated carbocycles. The molecule has 0 aliphatic rings. The van der Waals surface area contributed by atoms with Gasteiger partial charge >= 0.3 is 5.97 Å². The lowest BCUT2D eigenvalue weighted by Crippen LogP contribution is -1.94. The van der Waals surface area contributed by atoms with Gasteiger partial charge in [0.15, 0.2) is 0 Å². The Morgan fingerprint density at radius 2 is 2.17 bits per heavy atom. The first-order valence-corrected chi connectivity index (χ1v) is 6.12. The van der Waals surface area contributed by atoms with Crippen molar-refractivity contribution in [3.8, 4) is 0 Å². The third-order valence-electron chi connectivity index (χ3n) is 3.03. The smallest absolute Gasteiger partial charge is 0.328 e. The van der Waals surface area contributed by atoms with E-state index in [0.29, 0.717) is 0 Å². The minimum atomic E-state index is -0.906. The van der Waals surface area contributed by atoms with Gasteiger partial charge in [-0.2, -0.15) is 0 Å². The molecule has 0 aliphatic carbocycles. The zero-order valence-corrected chi connectivity index (χ0v) is 10.7. The van der Waals surface area contributed by atoms with E-state index in [2.05, 4.69) is 29.8 Å². The molecule has 3 nitrogen and oxygen atoms in total. The molecule has 0 fully saturated rings. The van der Waals surface area contributed by atoms with Gasteiger partial charge in [0.2, 0.25) is 0 Å². The van der Waals surface area contributed by atoms with Crippen LogP contribution in [0.2, 0.25) is 0 Å². The summed E-state index contributed by atoms with van der Waals surface area (Å²) in [5.74, 6) is -0.906. The molecule has 2 aromatic rings. The van der Waals surface area contributed by atoms with Crippen molar-refractivity contribution in [2.45, 2.75) is 26.8 Å². The standard InChI is InChI=1S/C15H17NO2/c1-3-7-16-8-6-13-10-12(4-5-14(13)16)11(2)9-15(17)18/h4-6,8-10H,3,7H2,1-2H3,(H,17,18)/b11-9+. The molecule has 0 radical (unpaired) electrons. The quantitative estimate of drug-likeness (QED) is 0.834. The molecule has 1 aromatic heterocycles. The molecule has 18 heavy (non-hydrogen) atoms. The Kier molecular flexibility index (Phi) is 3.51. The van der Waals surface area contributed by atoms with Gasteiger partial charge in [0, 0.05) is 29.7 Å². The fraction of sp³-hybridized carbons (Fsp3) is 0.267. The summed E-state index contributed by atoms with van der Waals surface area (Å²) in [5.41, 5.74) is 2.93. The number of aromatic nitrogens is 1. The number of allylic oxidation sites excluding steroid dienone is 1. The number of fused-ring (bicyclic) bond motifs is 1. The Labute approximate surface area is 106 Å². The molecular weight excluding hydrogens is 226 g/mol. The van der Waals surface area contributed by atoms with Crippen molar-refractivity contribution < 1.29 is 9.90 Å². The third kappa shape index (κ3) is 2.45. The molecule has 0 saturated heterocycles. The van der Waals surface area contributed by atoms with E-state index in [4.69, 9.17) is 5.11 Å². The van der Waals surface area contributed by atoms with E-state index in [1.165, 1.54) is 11.6 Å². The van der Waals surface area contributed by atoms with Crippen LogP contribution in [0.3, 0.4) is 0 Å². The van der Waals surface area contributed by atoms with Crippen molar-refractivity contribution in [1.82, 2.24) is 4.57 Å². The van der Waals surface area contributed by atoms with Gasteiger partial charge in [-0.1, -0.05) is 13.0 Å². The summed E-state index contributed by atoms with van der Waals surface area (Å²) in [4.78, 5) is 10.7. The minimum absolute atomic E-state index is 0.771. The van der Waals surface area contributed by atoms with E-state index in [1.807, 2.05) is 19.1 Å². The van der Waals surface area contributed by atoms with E-state index in [1.54, 1.807) is 0 Å². The second kappa shape index (κ2) is 5.08. The summed E-state index contributed by atoms with van der Waals surface area (Å²) >= 11 is 0. The molecule has 1 aromatic carbocycles. The van der Waals surface area contributed by atoms with Gasteiger partial charge in [-0.05, 0) is 42.7 Å². The van der Waals surface area contributed by atoms with Crippen LogP contribution in [0.1, 0.15) is 25.8 Å². The zero-order chi connectivity index (χ0) is 13.1. The summed E-state index contributed by atoms with van der Waals surface area (Å²) in [6, 6.07) is 8.14. The number of benzene rings is 1. The maximum Gasteiger partial charge on any atom is 0.328 e. The average molecular weight is 243 g/mol. The van der Waals surface area contributed by atoms with Gasteiger partial charge in [0.1, 0.15) is 0 Å². The molecule has 2 rings (SSSR count). The first-order valence-electron chi connectivity index (χ1n) is 6.12. The maximum absolute atomic E-state index is 10.7. The molecule has 0 unspecified atom stereocenters. The van der Waals surface area contributed by atoms with E-state index < -0.39 is 5.97 Å². The number of nitrogens with zero attached hydrogens (tertiary/aromatic N) is 1. The summed E-state index contributed by atoms with van der Waals surface area (Å²) in [7, 11) is 0. The molecule has 94 valence electrons. The van der Waals surface area contributed by atoms with Gasteiger partial charge in [0.05, 0.1) is 0 Å². The predicted molar refractivity (Wildman–Crippen MR) is 73.5 cm³/mol. The van der Waals surface area contributed by atoms with Crippen LogP contribution in [0.25, 0.3) is 16.5 Å². The highest BCUT2D eigenvalue weighted by Crippen LogP contribution is 2.22. The van der Waals surface area contributed by atoms with E-state index in [0.717, 1.165) is 29.5 Å². The van der Waals surface area contributed by atoms with Crippen LogP contribution in [0.15, 0.2) is 36.5 Å². The molecule has 1 heterocycles. The lowest BCUT2D eigenvalue weighted by Gasteiger charge is -2.05. The van der Waals surface area contributed by atoms with Gasteiger partial charge in [-0.25, -0.2) is 4.79 Å². The van der Waals surface area contributed by atoms with Crippen molar-refractivity contribution in [3.05, 3.63) is 42.1 Å². The summed E-state index contributed by atoms with van der Waals surface area (Å²) < 4.78 is 2.22. The number of carboxylic acids is 1. The Balaban J connectivity index is 2.43. The normalized spacial score (nSPS) is 12.0. The van der Waals surface area contributed by atoms with Gasteiger partial charge in [0.25, 0.3) is 0 Å². The van der Waals surface area contributed by atoms with Crippen molar-refractivity contribution in [2.24, 2.45) is 0 Å². The van der Waals surface area contributed by atoms with Crippen LogP contribution in [-0.2, 0) is 11.3 Å². The molecule has 0 amide bonds. The molecule has 0 spiro atoms. The number of hydrogen-bond donors (Lipinski definition) is 1. The largest absolute Gasteiger partial charge is 0.478 e. The van der Waals surface area contributed by atoms with Crippen molar-refractivity contribution in [2.75, 3.05) is 0 Å². The monoisotopic (exact) mass is 243 g/mol. The second-order valence-corrected chi connectivity index (χ2v) is 4.45. The average Bonchev–Trinajstić information content (AvgIpc) is 2.71. The number of hydrogen-bond acceptors (Lipinski definition) is 1. The Morgan fingerprint density at radius 3 is 2.83 bits per heavy atom. The third-order valence-corrected chi connectivity index (χ3v) is 3.03. The summed E-state index contributed by atoms with van der Waals surface area (Å²) in [5, 5.41) is 9.90. The first-order chi connectivity index (χ1) is 8.61. The zero-order valence-electron chi connectivity index (χ0n) is 10.7. The van der Waals surface area contributed by atoms with Crippen LogP contribution in [0, 0.1) is 0 Å². The SMILES string of the molecule is CCCn1ccc2cc(/C(C)=C/C(=O)O)ccc21. The van der Waals surface area contributed by atoms with Crippen molar-refractivity contribution >= 4 is 22.4 Å². The Hall–Kier alpha value is -2.03. The lowest BCUT2D eigenvalue weighted by molar-refractivity contribution is -0.131. The molecule has 0 bridgehead atoms. The highest BCUT2D eigenvalue weighted by molar-refractivity contribution is 5.91. The second-order valence-electron chi connectivity index (χ2n) is 4.45. The molecular formula is C15H17NO2. The highest BCUT2D eigenvalue weighted by Gasteiger charge is 2.03. The fourth-order valence-corrected chi connectivity index (χ4v) is 2.15. The van der Waals surface area contributed by atoms with Crippen LogP contribution >= 0.6 is 0 Å². The number of carbonyl (C=O) groups is 1. The summed E-state index contributed by atoms with van der Waals surface area (Å²) in [6.45, 7) is 4.98. The highest BCUT2D eigenvalue weighted by atomic mass is 16.4. The van der Waals surface area contributed by atoms with Crippen LogP contribution in [0.5, 0.6) is 0 Å². The maximum atomic E-state index is 10.7. The number of aliphatic carboxylic acids is 1. The Bertz CT molecular complexity index is 608. The number of carboxylic acid groups (broad SMARTS) is 1. The van der Waals surface area contributed by atoms with Crippen LogP contribution in [-0.4, -0.2) is 15.6 Å². The summed E-state index contributed by atoms with van der Waals surface area (Å²) in [6.07, 6.45) is 4.42. The van der Waals surface area contributed by atoms with E-state index in [9.17, 15) is 4.79 Å². The van der Waals surface area contributed by atoms with Crippen molar-refractivity contribution in [3.63, 3.8) is 0 Å². The topological polar surface area (TPSA) is 42.2 Å². The molecule has 1 N–H and O–H groups in total.